The first-order chi connectivity index (χ1) is 9.15. The number of rotatable bonds is 1. The molecule has 8 heteroatoms. The van der Waals surface area contributed by atoms with E-state index in [-0.39, 0.29) is 11.6 Å². The van der Waals surface area contributed by atoms with E-state index in [1.165, 1.54) is 0 Å². The number of nitrogens with one attached hydrogen (secondary N) is 1. The van der Waals surface area contributed by atoms with Crippen LogP contribution >= 0.6 is 15.9 Å². The maximum atomic E-state index is 12.2. The lowest BCUT2D eigenvalue weighted by atomic mass is 10.3. The van der Waals surface area contributed by atoms with Crippen molar-refractivity contribution in [1.82, 2.24) is 19.7 Å². The molecule has 0 atom stereocenters. The number of furan rings is 1. The summed E-state index contributed by atoms with van der Waals surface area (Å²) in [5, 5.41) is 6.36. The number of aromatic amines is 1. The van der Waals surface area contributed by atoms with E-state index in [4.69, 9.17) is 4.42 Å². The molecule has 1 amide bonds. The number of carbonyl (C=O) groups excluding carboxylic acids is 1. The van der Waals surface area contributed by atoms with Crippen LogP contribution < -0.4 is 5.69 Å². The van der Waals surface area contributed by atoms with Crippen LogP contribution in [-0.2, 0) is 13.0 Å². The number of hydrogen-bond acceptors (Lipinski definition) is 4. The molecule has 3 heterocycles. The van der Waals surface area contributed by atoms with Crippen molar-refractivity contribution >= 4 is 21.8 Å². The summed E-state index contributed by atoms with van der Waals surface area (Å²) in [5.41, 5.74) is -0.231. The van der Waals surface area contributed by atoms with Gasteiger partial charge in [-0.25, -0.2) is 9.89 Å². The molecule has 0 spiro atoms. The summed E-state index contributed by atoms with van der Waals surface area (Å²) in [6.45, 7) is 1.42. The van der Waals surface area contributed by atoms with Crippen molar-refractivity contribution in [3.63, 3.8) is 0 Å². The number of fused-ring (bicyclic) bond motifs is 1. The Balaban J connectivity index is 1.78. The van der Waals surface area contributed by atoms with Crippen LogP contribution in [-0.4, -0.2) is 38.7 Å². The number of halogens is 1. The van der Waals surface area contributed by atoms with Crippen LogP contribution in [0.4, 0.5) is 0 Å². The van der Waals surface area contributed by atoms with Crippen molar-refractivity contribution in [2.24, 2.45) is 0 Å². The number of H-pyrrole nitrogens is 1. The van der Waals surface area contributed by atoms with E-state index >= 15 is 0 Å². The molecule has 0 fully saturated rings. The molecule has 1 aliphatic rings. The van der Waals surface area contributed by atoms with Crippen molar-refractivity contribution in [3.8, 4) is 0 Å². The molecule has 100 valence electrons. The summed E-state index contributed by atoms with van der Waals surface area (Å²) < 4.78 is 7.34. The molecule has 1 aliphatic heterocycles. The third-order valence-electron chi connectivity index (χ3n) is 3.11. The Morgan fingerprint density at radius 1 is 1.37 bits per heavy atom. The molecule has 0 unspecified atom stereocenters. The third kappa shape index (κ3) is 2.23. The van der Waals surface area contributed by atoms with Gasteiger partial charge in [-0.2, -0.15) is 5.10 Å². The first kappa shape index (κ1) is 12.2. The molecule has 0 saturated carbocycles. The highest BCUT2D eigenvalue weighted by Gasteiger charge is 2.23. The molecule has 19 heavy (non-hydrogen) atoms. The molecular formula is C11H11BrN4O3. The second kappa shape index (κ2) is 4.69. The van der Waals surface area contributed by atoms with Gasteiger partial charge in [-0.1, -0.05) is 0 Å². The summed E-state index contributed by atoms with van der Waals surface area (Å²) in [7, 11) is 0. The van der Waals surface area contributed by atoms with Crippen LogP contribution in [0.15, 0.2) is 26.0 Å². The Labute approximate surface area is 116 Å². The van der Waals surface area contributed by atoms with Gasteiger partial charge in [-0.3, -0.25) is 9.36 Å². The number of carbonyl (C=O) groups is 1. The fourth-order valence-electron chi connectivity index (χ4n) is 2.13. The van der Waals surface area contributed by atoms with Gasteiger partial charge in [0.15, 0.2) is 10.4 Å². The highest BCUT2D eigenvalue weighted by Crippen LogP contribution is 2.16. The van der Waals surface area contributed by atoms with Crippen molar-refractivity contribution in [2.75, 3.05) is 13.1 Å². The Morgan fingerprint density at radius 3 is 2.95 bits per heavy atom. The molecule has 0 aromatic carbocycles. The smallest absolute Gasteiger partial charge is 0.343 e. The van der Waals surface area contributed by atoms with E-state index in [1.807, 2.05) is 0 Å². The molecule has 0 aliphatic carbocycles. The van der Waals surface area contributed by atoms with Gasteiger partial charge in [0, 0.05) is 26.1 Å². The molecule has 7 nitrogen and oxygen atoms in total. The van der Waals surface area contributed by atoms with Gasteiger partial charge in [0.2, 0.25) is 0 Å². The number of aromatic nitrogens is 3. The molecule has 0 saturated heterocycles. The lowest BCUT2D eigenvalue weighted by Crippen LogP contribution is -2.34. The summed E-state index contributed by atoms with van der Waals surface area (Å²) in [4.78, 5) is 25.4. The van der Waals surface area contributed by atoms with E-state index in [1.54, 1.807) is 21.6 Å². The fourth-order valence-corrected chi connectivity index (χ4v) is 2.43. The zero-order chi connectivity index (χ0) is 13.4. The van der Waals surface area contributed by atoms with E-state index in [9.17, 15) is 9.59 Å². The van der Waals surface area contributed by atoms with Gasteiger partial charge in [0.25, 0.3) is 5.91 Å². The maximum Gasteiger partial charge on any atom is 0.343 e. The number of hydrogen-bond donors (Lipinski definition) is 1. The SMILES string of the molecule is O=C(c1ccc(Br)o1)N1CCc2n[nH]c(=O)n2CC1. The zero-order valence-corrected chi connectivity index (χ0v) is 11.5. The molecular weight excluding hydrogens is 316 g/mol. The Hall–Kier alpha value is -1.83. The first-order valence-corrected chi connectivity index (χ1v) is 6.63. The van der Waals surface area contributed by atoms with Gasteiger partial charge in [0.05, 0.1) is 0 Å². The molecule has 3 rings (SSSR count). The van der Waals surface area contributed by atoms with Gasteiger partial charge < -0.3 is 9.32 Å². The average molecular weight is 327 g/mol. The molecule has 0 bridgehead atoms. The second-order valence-electron chi connectivity index (χ2n) is 4.24. The van der Waals surface area contributed by atoms with E-state index in [2.05, 4.69) is 26.1 Å². The average Bonchev–Trinajstić information content (AvgIpc) is 2.90. The topological polar surface area (TPSA) is 84.1 Å². The molecule has 2 aromatic heterocycles. The maximum absolute atomic E-state index is 12.2. The van der Waals surface area contributed by atoms with Crippen molar-refractivity contribution < 1.29 is 9.21 Å². The first-order valence-electron chi connectivity index (χ1n) is 5.84. The highest BCUT2D eigenvalue weighted by atomic mass is 79.9. The van der Waals surface area contributed by atoms with Gasteiger partial charge >= 0.3 is 5.69 Å². The van der Waals surface area contributed by atoms with Crippen LogP contribution in [0.1, 0.15) is 16.4 Å². The summed E-state index contributed by atoms with van der Waals surface area (Å²) in [5.74, 6) is 0.800. The minimum Gasteiger partial charge on any atom is -0.444 e. The van der Waals surface area contributed by atoms with Gasteiger partial charge in [0.1, 0.15) is 5.82 Å². The highest BCUT2D eigenvalue weighted by molar-refractivity contribution is 9.10. The zero-order valence-electron chi connectivity index (χ0n) is 9.93. The predicted molar refractivity (Wildman–Crippen MR) is 68.9 cm³/mol. The Bertz CT molecular complexity index is 672. The Kier molecular flexibility index (Phi) is 3.02. The van der Waals surface area contributed by atoms with Crippen LogP contribution in [0.2, 0.25) is 0 Å². The van der Waals surface area contributed by atoms with Gasteiger partial charge in [-0.05, 0) is 28.1 Å². The van der Waals surface area contributed by atoms with Crippen molar-refractivity contribution in [2.45, 2.75) is 13.0 Å². The molecule has 1 N–H and O–H groups in total. The minimum atomic E-state index is -0.231. The predicted octanol–water partition coefficient (Wildman–Crippen LogP) is 0.625. The largest absolute Gasteiger partial charge is 0.444 e. The fraction of sp³-hybridized carbons (Fsp3) is 0.364. The summed E-state index contributed by atoms with van der Waals surface area (Å²) in [6.07, 6.45) is 0.548. The normalized spacial score (nSPS) is 15.1. The van der Waals surface area contributed by atoms with Gasteiger partial charge in [-0.15, -0.1) is 0 Å². The quantitative estimate of drug-likeness (QED) is 0.832. The number of nitrogens with zero attached hydrogens (tertiary/aromatic N) is 3. The monoisotopic (exact) mass is 326 g/mol. The van der Waals surface area contributed by atoms with Crippen molar-refractivity contribution in [1.29, 1.82) is 0 Å². The van der Waals surface area contributed by atoms with Crippen LogP contribution in [0, 0.1) is 0 Å². The summed E-state index contributed by atoms with van der Waals surface area (Å²) in [6, 6.07) is 3.31. The van der Waals surface area contributed by atoms with E-state index < -0.39 is 0 Å². The third-order valence-corrected chi connectivity index (χ3v) is 3.53. The Morgan fingerprint density at radius 2 is 2.21 bits per heavy atom. The van der Waals surface area contributed by atoms with E-state index in [0.29, 0.717) is 42.3 Å². The van der Waals surface area contributed by atoms with Crippen LogP contribution in [0.3, 0.4) is 0 Å². The molecule has 0 radical (unpaired) electrons. The lowest BCUT2D eigenvalue weighted by Gasteiger charge is -2.18. The van der Waals surface area contributed by atoms with E-state index in [0.717, 1.165) is 0 Å². The molecule has 2 aromatic rings. The van der Waals surface area contributed by atoms with Crippen LogP contribution in [0.25, 0.3) is 0 Å². The number of amides is 1. The lowest BCUT2D eigenvalue weighted by molar-refractivity contribution is 0.0725. The minimum absolute atomic E-state index is 0.173. The van der Waals surface area contributed by atoms with Crippen LogP contribution in [0.5, 0.6) is 0 Å². The second-order valence-corrected chi connectivity index (χ2v) is 5.02. The van der Waals surface area contributed by atoms with Crippen molar-refractivity contribution in [3.05, 3.63) is 38.9 Å². The standard InChI is InChI=1S/C11H11BrN4O3/c12-8-2-1-7(19-8)10(17)15-4-3-9-13-14-11(18)16(9)6-5-15/h1-2H,3-6H2,(H,14,18). The summed E-state index contributed by atoms with van der Waals surface area (Å²) >= 11 is 3.17.